The summed E-state index contributed by atoms with van der Waals surface area (Å²) in [6, 6.07) is 13.9. The number of amides is 3. The van der Waals surface area contributed by atoms with Gasteiger partial charge in [0.15, 0.2) is 0 Å². The standard InChI is InChI=1S/C19H23N3O3/c1-14-7-9-18(10-8-14)25-12-4-11-21-19(24)22(15(2)23)17-6-3-5-16(20)13-17/h3,5-10,13H,4,11-12,20H2,1-2H3,(H,21,24). The molecule has 0 fully saturated rings. The van der Waals surface area contributed by atoms with Gasteiger partial charge in [-0.15, -0.1) is 0 Å². The number of anilines is 2. The lowest BCUT2D eigenvalue weighted by atomic mass is 10.2. The highest BCUT2D eigenvalue weighted by Crippen LogP contribution is 2.18. The summed E-state index contributed by atoms with van der Waals surface area (Å²) in [7, 11) is 0. The summed E-state index contributed by atoms with van der Waals surface area (Å²) in [6.07, 6.45) is 0.627. The smallest absolute Gasteiger partial charge is 0.328 e. The first-order valence-corrected chi connectivity index (χ1v) is 8.11. The van der Waals surface area contributed by atoms with E-state index in [9.17, 15) is 9.59 Å². The molecule has 2 aromatic rings. The van der Waals surface area contributed by atoms with Crippen molar-refractivity contribution in [1.82, 2.24) is 5.32 Å². The number of benzene rings is 2. The maximum absolute atomic E-state index is 12.3. The lowest BCUT2D eigenvalue weighted by Gasteiger charge is -2.20. The second kappa shape index (κ2) is 8.73. The van der Waals surface area contributed by atoms with Crippen LogP contribution in [-0.2, 0) is 4.79 Å². The second-order valence-electron chi connectivity index (χ2n) is 5.70. The van der Waals surface area contributed by atoms with Crippen molar-refractivity contribution in [1.29, 1.82) is 0 Å². The Balaban J connectivity index is 1.81. The zero-order valence-corrected chi connectivity index (χ0v) is 14.5. The monoisotopic (exact) mass is 341 g/mol. The summed E-state index contributed by atoms with van der Waals surface area (Å²) in [4.78, 5) is 25.1. The third-order valence-electron chi connectivity index (χ3n) is 3.53. The first kappa shape index (κ1) is 18.3. The van der Waals surface area contributed by atoms with Crippen LogP contribution in [0.25, 0.3) is 0 Å². The van der Waals surface area contributed by atoms with Crippen molar-refractivity contribution in [2.45, 2.75) is 20.3 Å². The van der Waals surface area contributed by atoms with E-state index in [-0.39, 0.29) is 5.91 Å². The van der Waals surface area contributed by atoms with E-state index in [0.717, 1.165) is 10.6 Å². The summed E-state index contributed by atoms with van der Waals surface area (Å²) in [5.74, 6) is 0.418. The molecule has 0 aliphatic rings. The Morgan fingerprint density at radius 3 is 2.52 bits per heavy atom. The van der Waals surface area contributed by atoms with Gasteiger partial charge in [0.2, 0.25) is 5.91 Å². The fourth-order valence-corrected chi connectivity index (χ4v) is 2.28. The highest BCUT2D eigenvalue weighted by Gasteiger charge is 2.19. The molecule has 0 aliphatic carbocycles. The van der Waals surface area contributed by atoms with E-state index in [1.807, 2.05) is 31.2 Å². The molecule has 3 amide bonds. The Labute approximate surface area is 147 Å². The lowest BCUT2D eigenvalue weighted by Crippen LogP contribution is -2.43. The molecule has 6 nitrogen and oxygen atoms in total. The van der Waals surface area contributed by atoms with Gasteiger partial charge in [0.25, 0.3) is 0 Å². The number of carbonyl (C=O) groups is 2. The van der Waals surface area contributed by atoms with Crippen LogP contribution in [0.15, 0.2) is 48.5 Å². The maximum atomic E-state index is 12.3. The van der Waals surface area contributed by atoms with E-state index in [4.69, 9.17) is 10.5 Å². The number of hydrogen-bond donors (Lipinski definition) is 2. The highest BCUT2D eigenvalue weighted by molar-refractivity contribution is 6.13. The molecular formula is C19H23N3O3. The predicted octanol–water partition coefficient (Wildman–Crippen LogP) is 3.11. The second-order valence-corrected chi connectivity index (χ2v) is 5.70. The summed E-state index contributed by atoms with van der Waals surface area (Å²) in [5.41, 5.74) is 7.82. The summed E-state index contributed by atoms with van der Waals surface area (Å²) >= 11 is 0. The van der Waals surface area contributed by atoms with E-state index < -0.39 is 6.03 Å². The zero-order chi connectivity index (χ0) is 18.2. The van der Waals surface area contributed by atoms with Gasteiger partial charge < -0.3 is 15.8 Å². The van der Waals surface area contributed by atoms with Crippen LogP contribution >= 0.6 is 0 Å². The van der Waals surface area contributed by atoms with Crippen LogP contribution in [0.3, 0.4) is 0 Å². The molecule has 25 heavy (non-hydrogen) atoms. The van der Waals surface area contributed by atoms with Crippen molar-refractivity contribution in [3.05, 3.63) is 54.1 Å². The molecule has 6 heteroatoms. The zero-order valence-electron chi connectivity index (χ0n) is 14.5. The number of nitrogen functional groups attached to an aromatic ring is 1. The molecule has 2 rings (SSSR count). The first-order valence-electron chi connectivity index (χ1n) is 8.11. The average molecular weight is 341 g/mol. The molecule has 132 valence electrons. The number of imide groups is 1. The SMILES string of the molecule is CC(=O)N(C(=O)NCCCOc1ccc(C)cc1)c1cccc(N)c1. The normalized spacial score (nSPS) is 10.2. The molecule has 3 N–H and O–H groups in total. The number of rotatable bonds is 6. The molecule has 0 bridgehead atoms. The van der Waals surface area contributed by atoms with Gasteiger partial charge in [-0.2, -0.15) is 0 Å². The number of nitrogens with two attached hydrogens (primary N) is 1. The molecule has 0 unspecified atom stereocenters. The molecule has 2 aromatic carbocycles. The number of carbonyl (C=O) groups excluding carboxylic acids is 2. The fraction of sp³-hybridized carbons (Fsp3) is 0.263. The van der Waals surface area contributed by atoms with E-state index in [0.29, 0.717) is 30.9 Å². The molecule has 0 spiro atoms. The van der Waals surface area contributed by atoms with Crippen LogP contribution in [0.4, 0.5) is 16.2 Å². The summed E-state index contributed by atoms with van der Waals surface area (Å²) in [5, 5.41) is 2.72. The minimum atomic E-state index is -0.478. The van der Waals surface area contributed by atoms with Gasteiger partial charge in [0.05, 0.1) is 12.3 Å². The molecule has 0 atom stereocenters. The van der Waals surface area contributed by atoms with Crippen molar-refractivity contribution < 1.29 is 14.3 Å². The molecule has 0 aliphatic heterocycles. The Kier molecular flexibility index (Phi) is 6.39. The van der Waals surface area contributed by atoms with Crippen LogP contribution in [0.2, 0.25) is 0 Å². The van der Waals surface area contributed by atoms with Crippen molar-refractivity contribution in [3.63, 3.8) is 0 Å². The van der Waals surface area contributed by atoms with Crippen molar-refractivity contribution in [3.8, 4) is 5.75 Å². The van der Waals surface area contributed by atoms with Crippen LogP contribution in [0.5, 0.6) is 5.75 Å². The third kappa shape index (κ3) is 5.53. The van der Waals surface area contributed by atoms with E-state index >= 15 is 0 Å². The molecule has 0 saturated carbocycles. The minimum absolute atomic E-state index is 0.376. The van der Waals surface area contributed by atoms with Crippen LogP contribution < -0.4 is 20.7 Å². The first-order chi connectivity index (χ1) is 12.0. The minimum Gasteiger partial charge on any atom is -0.494 e. The Hall–Kier alpha value is -3.02. The Morgan fingerprint density at radius 1 is 1.16 bits per heavy atom. The number of hydrogen-bond acceptors (Lipinski definition) is 4. The molecule has 0 aromatic heterocycles. The van der Waals surface area contributed by atoms with Crippen LogP contribution in [0, 0.1) is 6.92 Å². The molecular weight excluding hydrogens is 318 g/mol. The number of ether oxygens (including phenoxy) is 1. The van der Waals surface area contributed by atoms with Gasteiger partial charge in [0.1, 0.15) is 5.75 Å². The largest absolute Gasteiger partial charge is 0.494 e. The molecule has 0 radical (unpaired) electrons. The van der Waals surface area contributed by atoms with Crippen molar-refractivity contribution in [2.75, 3.05) is 23.8 Å². The average Bonchev–Trinajstić information content (AvgIpc) is 2.56. The van der Waals surface area contributed by atoms with Gasteiger partial charge in [-0.05, 0) is 43.7 Å². The van der Waals surface area contributed by atoms with Crippen molar-refractivity contribution >= 4 is 23.3 Å². The number of aryl methyl sites for hydroxylation is 1. The predicted molar refractivity (Wildman–Crippen MR) is 98.7 cm³/mol. The molecule has 0 heterocycles. The van der Waals surface area contributed by atoms with Gasteiger partial charge >= 0.3 is 6.03 Å². The lowest BCUT2D eigenvalue weighted by molar-refractivity contribution is -0.115. The number of urea groups is 1. The third-order valence-corrected chi connectivity index (χ3v) is 3.53. The van der Waals surface area contributed by atoms with Gasteiger partial charge in [-0.1, -0.05) is 23.8 Å². The van der Waals surface area contributed by atoms with Gasteiger partial charge in [-0.25, -0.2) is 9.69 Å². The topological polar surface area (TPSA) is 84.7 Å². The summed E-state index contributed by atoms with van der Waals surface area (Å²) in [6.45, 7) is 4.22. The summed E-state index contributed by atoms with van der Waals surface area (Å²) < 4.78 is 5.60. The van der Waals surface area contributed by atoms with E-state index in [1.165, 1.54) is 12.5 Å². The van der Waals surface area contributed by atoms with Crippen molar-refractivity contribution in [2.24, 2.45) is 0 Å². The molecule has 0 saturated heterocycles. The van der Waals surface area contributed by atoms with Gasteiger partial charge in [0, 0.05) is 19.2 Å². The number of nitrogens with zero attached hydrogens (tertiary/aromatic N) is 1. The Bertz CT molecular complexity index is 729. The Morgan fingerprint density at radius 2 is 1.88 bits per heavy atom. The maximum Gasteiger partial charge on any atom is 0.328 e. The van der Waals surface area contributed by atoms with Gasteiger partial charge in [-0.3, -0.25) is 4.79 Å². The number of nitrogens with one attached hydrogen (secondary N) is 1. The van der Waals surface area contributed by atoms with Crippen LogP contribution in [0.1, 0.15) is 18.9 Å². The quantitative estimate of drug-likeness (QED) is 0.624. The van der Waals surface area contributed by atoms with E-state index in [2.05, 4.69) is 5.32 Å². The van der Waals surface area contributed by atoms with Crippen LogP contribution in [-0.4, -0.2) is 25.1 Å². The fourth-order valence-electron chi connectivity index (χ4n) is 2.28. The van der Waals surface area contributed by atoms with E-state index in [1.54, 1.807) is 24.3 Å². The highest BCUT2D eigenvalue weighted by atomic mass is 16.5.